The van der Waals surface area contributed by atoms with Crippen molar-refractivity contribution in [2.45, 2.75) is 4.90 Å². The number of rotatable bonds is 3. The van der Waals surface area contributed by atoms with Crippen LogP contribution in [-0.4, -0.2) is 18.4 Å². The van der Waals surface area contributed by atoms with Crippen LogP contribution in [-0.2, 0) is 10.0 Å². The molecule has 1 aromatic carbocycles. The Labute approximate surface area is 126 Å². The third kappa shape index (κ3) is 3.22. The standard InChI is InChI=1S/C10H5BrClF2N3O2S/c11-6-1-9(8(14)2-7(6)13)17-20(18,19)5-3-15-10(12)16-4-5/h1-4,17H. The molecule has 0 aliphatic carbocycles. The van der Waals surface area contributed by atoms with Gasteiger partial charge in [-0.25, -0.2) is 27.2 Å². The Kier molecular flexibility index (Phi) is 4.21. The van der Waals surface area contributed by atoms with Crippen LogP contribution < -0.4 is 4.72 Å². The summed E-state index contributed by atoms with van der Waals surface area (Å²) >= 11 is 8.27. The molecule has 10 heteroatoms. The first kappa shape index (κ1) is 15.1. The zero-order chi connectivity index (χ0) is 14.9. The minimum absolute atomic E-state index is 0.0797. The summed E-state index contributed by atoms with van der Waals surface area (Å²) < 4.78 is 52.4. The van der Waals surface area contributed by atoms with Gasteiger partial charge in [0.05, 0.1) is 22.6 Å². The predicted molar refractivity (Wildman–Crippen MR) is 71.9 cm³/mol. The molecule has 2 aromatic rings. The lowest BCUT2D eigenvalue weighted by atomic mass is 10.3. The van der Waals surface area contributed by atoms with Gasteiger partial charge in [0.25, 0.3) is 10.0 Å². The smallest absolute Gasteiger partial charge is 0.265 e. The maximum absolute atomic E-state index is 13.5. The normalized spacial score (nSPS) is 11.4. The molecule has 5 nitrogen and oxygen atoms in total. The van der Waals surface area contributed by atoms with Crippen molar-refractivity contribution in [2.75, 3.05) is 4.72 Å². The average Bonchev–Trinajstić information content (AvgIpc) is 2.36. The molecule has 0 aliphatic rings. The second-order valence-corrected chi connectivity index (χ2v) is 6.41. The lowest BCUT2D eigenvalue weighted by molar-refractivity contribution is 0.579. The van der Waals surface area contributed by atoms with Gasteiger partial charge in [-0.1, -0.05) is 0 Å². The fourth-order valence-electron chi connectivity index (χ4n) is 1.24. The molecule has 0 spiro atoms. The van der Waals surface area contributed by atoms with E-state index >= 15 is 0 Å². The molecule has 0 unspecified atom stereocenters. The molecule has 1 heterocycles. The summed E-state index contributed by atoms with van der Waals surface area (Å²) in [5.41, 5.74) is -0.409. The van der Waals surface area contributed by atoms with Gasteiger partial charge in [0.1, 0.15) is 16.5 Å². The van der Waals surface area contributed by atoms with Gasteiger partial charge in [0, 0.05) is 6.07 Å². The van der Waals surface area contributed by atoms with E-state index in [0.717, 1.165) is 18.5 Å². The maximum Gasteiger partial charge on any atom is 0.265 e. The van der Waals surface area contributed by atoms with Crippen molar-refractivity contribution in [1.29, 1.82) is 0 Å². The number of hydrogen-bond donors (Lipinski definition) is 1. The molecule has 0 fully saturated rings. The van der Waals surface area contributed by atoms with E-state index in [1.807, 2.05) is 4.72 Å². The van der Waals surface area contributed by atoms with Crippen LogP contribution in [0.25, 0.3) is 0 Å². The molecule has 0 radical (unpaired) electrons. The fraction of sp³-hybridized carbons (Fsp3) is 0. The van der Waals surface area contributed by atoms with E-state index in [1.54, 1.807) is 0 Å². The highest BCUT2D eigenvalue weighted by Gasteiger charge is 2.18. The molecular weight excluding hydrogens is 380 g/mol. The number of nitrogens with zero attached hydrogens (tertiary/aromatic N) is 2. The summed E-state index contributed by atoms with van der Waals surface area (Å²) in [6, 6.07) is 1.53. The third-order valence-electron chi connectivity index (χ3n) is 2.16. The molecule has 0 saturated heterocycles. The van der Waals surface area contributed by atoms with E-state index in [9.17, 15) is 17.2 Å². The van der Waals surface area contributed by atoms with Gasteiger partial charge in [-0.2, -0.15) is 0 Å². The number of anilines is 1. The number of benzene rings is 1. The summed E-state index contributed by atoms with van der Waals surface area (Å²) in [7, 11) is -4.10. The van der Waals surface area contributed by atoms with Crippen LogP contribution in [0.1, 0.15) is 0 Å². The van der Waals surface area contributed by atoms with E-state index in [1.165, 1.54) is 0 Å². The van der Waals surface area contributed by atoms with Crippen LogP contribution in [0.5, 0.6) is 0 Å². The van der Waals surface area contributed by atoms with Gasteiger partial charge in [-0.3, -0.25) is 4.72 Å². The van der Waals surface area contributed by atoms with Crippen molar-refractivity contribution in [2.24, 2.45) is 0 Å². The monoisotopic (exact) mass is 383 g/mol. The highest BCUT2D eigenvalue weighted by atomic mass is 79.9. The Bertz CT molecular complexity index is 756. The minimum Gasteiger partial charge on any atom is -0.277 e. The molecule has 20 heavy (non-hydrogen) atoms. The fourth-order valence-corrected chi connectivity index (χ4v) is 2.63. The quantitative estimate of drug-likeness (QED) is 0.652. The Morgan fingerprint density at radius 3 is 2.35 bits per heavy atom. The first-order valence-electron chi connectivity index (χ1n) is 4.94. The minimum atomic E-state index is -4.10. The van der Waals surface area contributed by atoms with Crippen LogP contribution in [0.15, 0.2) is 33.9 Å². The zero-order valence-corrected chi connectivity index (χ0v) is 12.6. The van der Waals surface area contributed by atoms with Gasteiger partial charge in [-0.15, -0.1) is 0 Å². The highest BCUT2D eigenvalue weighted by molar-refractivity contribution is 9.10. The lowest BCUT2D eigenvalue weighted by Crippen LogP contribution is -2.14. The van der Waals surface area contributed by atoms with Crippen molar-refractivity contribution < 1.29 is 17.2 Å². The van der Waals surface area contributed by atoms with Crippen LogP contribution in [0.4, 0.5) is 14.5 Å². The predicted octanol–water partition coefficient (Wildman–Crippen LogP) is 2.97. The SMILES string of the molecule is O=S(=O)(Nc1cc(Br)c(F)cc1F)c1cnc(Cl)nc1. The number of nitrogens with one attached hydrogen (secondary N) is 1. The Morgan fingerprint density at radius 2 is 1.75 bits per heavy atom. The summed E-state index contributed by atoms with van der Waals surface area (Å²) in [6.45, 7) is 0. The highest BCUT2D eigenvalue weighted by Crippen LogP contribution is 2.25. The van der Waals surface area contributed by atoms with Gasteiger partial charge in [0.2, 0.25) is 5.28 Å². The molecule has 0 bridgehead atoms. The zero-order valence-electron chi connectivity index (χ0n) is 9.44. The molecule has 0 saturated carbocycles. The topological polar surface area (TPSA) is 72.0 Å². The summed E-state index contributed by atoms with van der Waals surface area (Å²) in [5.74, 6) is -1.90. The van der Waals surface area contributed by atoms with E-state index in [2.05, 4.69) is 25.9 Å². The van der Waals surface area contributed by atoms with Crippen LogP contribution >= 0.6 is 27.5 Å². The lowest BCUT2D eigenvalue weighted by Gasteiger charge is -2.09. The molecular formula is C10H5BrClF2N3O2S. The summed E-state index contributed by atoms with van der Waals surface area (Å²) in [5, 5.41) is -0.125. The van der Waals surface area contributed by atoms with Crippen molar-refractivity contribution in [3.05, 3.63) is 45.9 Å². The molecule has 1 aromatic heterocycles. The second kappa shape index (κ2) is 5.58. The van der Waals surface area contributed by atoms with Crippen LogP contribution in [0.3, 0.4) is 0 Å². The van der Waals surface area contributed by atoms with E-state index in [4.69, 9.17) is 11.6 Å². The third-order valence-corrected chi connectivity index (χ3v) is 4.28. The van der Waals surface area contributed by atoms with E-state index < -0.39 is 27.3 Å². The second-order valence-electron chi connectivity index (χ2n) is 3.54. The number of hydrogen-bond acceptors (Lipinski definition) is 4. The van der Waals surface area contributed by atoms with Gasteiger partial charge in [-0.05, 0) is 33.6 Å². The summed E-state index contributed by atoms with van der Waals surface area (Å²) in [4.78, 5) is 6.72. The Hall–Kier alpha value is -1.32. The first-order valence-corrected chi connectivity index (χ1v) is 7.60. The molecule has 1 N–H and O–H groups in total. The van der Waals surface area contributed by atoms with Crippen LogP contribution in [0.2, 0.25) is 5.28 Å². The Balaban J connectivity index is 2.38. The van der Waals surface area contributed by atoms with Crippen molar-refractivity contribution in [3.63, 3.8) is 0 Å². The first-order chi connectivity index (χ1) is 9.29. The Morgan fingerprint density at radius 1 is 1.15 bits per heavy atom. The van der Waals surface area contributed by atoms with Crippen molar-refractivity contribution >= 4 is 43.2 Å². The molecule has 2 rings (SSSR count). The molecule has 0 amide bonds. The number of aromatic nitrogens is 2. The number of halogens is 4. The van der Waals surface area contributed by atoms with Crippen LogP contribution in [0, 0.1) is 11.6 Å². The van der Waals surface area contributed by atoms with E-state index in [0.29, 0.717) is 6.07 Å². The van der Waals surface area contributed by atoms with Gasteiger partial charge >= 0.3 is 0 Å². The van der Waals surface area contributed by atoms with Gasteiger partial charge < -0.3 is 0 Å². The van der Waals surface area contributed by atoms with E-state index in [-0.39, 0.29) is 14.7 Å². The molecule has 106 valence electrons. The summed E-state index contributed by atoms with van der Waals surface area (Å²) in [6.07, 6.45) is 1.93. The van der Waals surface area contributed by atoms with Crippen molar-refractivity contribution in [1.82, 2.24) is 9.97 Å². The average molecular weight is 385 g/mol. The largest absolute Gasteiger partial charge is 0.277 e. The van der Waals surface area contributed by atoms with Crippen molar-refractivity contribution in [3.8, 4) is 0 Å². The number of sulfonamides is 1. The van der Waals surface area contributed by atoms with Gasteiger partial charge in [0.15, 0.2) is 0 Å². The maximum atomic E-state index is 13.5. The molecule has 0 atom stereocenters. The molecule has 0 aliphatic heterocycles.